The number of sulfonamides is 4. The molecule has 0 radical (unpaired) electrons. The molecule has 8 heterocycles. The lowest BCUT2D eigenvalue weighted by Crippen LogP contribution is -2.34. The summed E-state index contributed by atoms with van der Waals surface area (Å²) in [7, 11) is -25.3. The van der Waals surface area contributed by atoms with E-state index in [1.807, 2.05) is 91.0 Å². The lowest BCUT2D eigenvalue weighted by atomic mass is 10.1. The molecule has 95 heavy (non-hydrogen) atoms. The zero-order valence-corrected chi connectivity index (χ0v) is 56.3. The second-order valence-corrected chi connectivity index (χ2v) is 35.3. The van der Waals surface area contributed by atoms with Crippen LogP contribution in [0.1, 0.15) is 45.4 Å². The van der Waals surface area contributed by atoms with Crippen LogP contribution in [0.5, 0.6) is 0 Å². The summed E-state index contributed by atoms with van der Waals surface area (Å²) < 4.78 is 191. The van der Waals surface area contributed by atoms with Gasteiger partial charge in [0.05, 0.1) is 59.8 Å². The molecule has 0 aromatic heterocycles. The highest BCUT2D eigenvalue weighted by atomic mass is 32.2. The van der Waals surface area contributed by atoms with E-state index in [9.17, 15) is 67.3 Å². The van der Waals surface area contributed by atoms with Crippen molar-refractivity contribution in [2.45, 2.75) is 53.0 Å². The van der Waals surface area contributed by atoms with E-state index in [1.165, 1.54) is 29.4 Å². The van der Waals surface area contributed by atoms with E-state index in [2.05, 4.69) is 29.2 Å². The molecule has 8 aliphatic heterocycles. The van der Waals surface area contributed by atoms with Crippen LogP contribution in [0, 0.1) is 0 Å². The van der Waals surface area contributed by atoms with E-state index in [-0.39, 0.29) is 28.8 Å². The molecule has 0 unspecified atom stereocenters. The Kier molecular flexibility index (Phi) is 22.1. The first kappa shape index (κ1) is 70.4. The molecule has 494 valence electrons. The number of benzene rings is 8. The molecule has 8 aromatic carbocycles. The number of hydrogen-bond donors (Lipinski definition) is 5. The molecule has 0 bridgehead atoms. The Morgan fingerprint density at radius 3 is 1.44 bits per heavy atom. The van der Waals surface area contributed by atoms with Crippen molar-refractivity contribution < 1.29 is 67.3 Å². The molecular formula is C65H60N6O16S8. The van der Waals surface area contributed by atoms with Crippen LogP contribution in [-0.2, 0) is 91.7 Å². The fourth-order valence-corrected chi connectivity index (χ4v) is 19.1. The summed E-state index contributed by atoms with van der Waals surface area (Å²) in [4.78, 5) is 2.63. The minimum atomic E-state index is -3.44. The number of para-hydroxylation sites is 2. The standard InChI is InChI=1S/C10H10O2S.2C9H8O2S.C8H7NO2S.C8H6O2S.C7H8N2O2S.C7H6N2O2S.C7H7NO2S/c11-13(12)8-4-3-6-9-5-1-2-7-10(9)13;10-12(11)7-3-5-8-4-1-2-6-9(8)12;10-12(11)6-5-8-3-1-2-4-9(8)7-12;10-12(11)8-4-2-1-3-7(8)5-6-9-12;9-11(10)6-5-7-3-1-2-4-8(7)11;2*10-12(11)7-4-2-1-3-6(7)8-5-9-12;9-11(10)7-4-2-1-3-6(7)5-8-11/h1-3,5-7H,4,8H2;2*1-6H,7H2;1-6,9H;1-6H;1-4,8-9H,5H2;1-5H,(H,8,9);1-4,8H,5H2. The third-order valence-corrected chi connectivity index (χ3v) is 26.1. The second-order valence-electron chi connectivity index (χ2n) is 20.7. The van der Waals surface area contributed by atoms with Crippen LogP contribution in [0.15, 0.2) is 262 Å². The SMILES string of the molecule is O=S1(=O)C=Cc2ccccc21.O=S1(=O)C=Cc2ccccc2C1.O=S1(=O)CC=Cc2ccccc21.O=S1(=O)CCC=Cc2ccccc21.O=S1(=O)N=CNc2ccccc21.O=S1(=O)NC=Cc2ccccc21.O=S1(=O)NCNc2ccccc21.O=S1(=O)NCc2ccccc21. The van der Waals surface area contributed by atoms with E-state index in [0.717, 1.165) is 38.9 Å². The number of rotatable bonds is 0. The van der Waals surface area contributed by atoms with E-state index in [4.69, 9.17) is 0 Å². The first-order valence-corrected chi connectivity index (χ1v) is 40.8. The Morgan fingerprint density at radius 2 is 0.842 bits per heavy atom. The van der Waals surface area contributed by atoms with E-state index < -0.39 is 79.4 Å². The predicted octanol–water partition coefficient (Wildman–Crippen LogP) is 9.00. The average molecular weight is 1440 g/mol. The summed E-state index contributed by atoms with van der Waals surface area (Å²) in [5.74, 6) is 0.490. The Labute approximate surface area is 553 Å². The molecule has 30 heteroatoms. The largest absolute Gasteiger partial charge is 0.370 e. The number of anilines is 2. The van der Waals surface area contributed by atoms with Gasteiger partial charge in [0.25, 0.3) is 20.0 Å². The maximum atomic E-state index is 11.7. The second kappa shape index (κ2) is 29.8. The van der Waals surface area contributed by atoms with Crippen molar-refractivity contribution in [1.29, 1.82) is 0 Å². The quantitative estimate of drug-likeness (QED) is 0.0945. The number of hydrogen-bond acceptors (Lipinski definition) is 18. The number of sulfone groups is 4. The molecule has 0 spiro atoms. The van der Waals surface area contributed by atoms with Crippen LogP contribution in [0.25, 0.3) is 30.4 Å². The molecule has 0 saturated heterocycles. The Hall–Kier alpha value is -8.95. The van der Waals surface area contributed by atoms with Gasteiger partial charge in [0, 0.05) is 23.6 Å². The summed E-state index contributed by atoms with van der Waals surface area (Å²) in [5, 5.41) is 8.18. The first-order valence-electron chi connectivity index (χ1n) is 28.4. The average Bonchev–Trinajstić information content (AvgIpc) is 1.64. The van der Waals surface area contributed by atoms with Crippen LogP contribution in [0.2, 0.25) is 0 Å². The van der Waals surface area contributed by atoms with Crippen molar-refractivity contribution in [2.24, 2.45) is 4.40 Å². The zero-order valence-electron chi connectivity index (χ0n) is 49.8. The molecule has 0 saturated carbocycles. The van der Waals surface area contributed by atoms with Crippen molar-refractivity contribution in [3.8, 4) is 0 Å². The molecule has 0 amide bonds. The highest BCUT2D eigenvalue weighted by Crippen LogP contribution is 2.29. The smallest absolute Gasteiger partial charge is 0.285 e. The molecule has 8 aromatic rings. The van der Waals surface area contributed by atoms with Gasteiger partial charge >= 0.3 is 0 Å². The van der Waals surface area contributed by atoms with Crippen molar-refractivity contribution in [3.63, 3.8) is 0 Å². The molecule has 22 nitrogen and oxygen atoms in total. The van der Waals surface area contributed by atoms with E-state index in [1.54, 1.807) is 140 Å². The molecule has 0 atom stereocenters. The van der Waals surface area contributed by atoms with Gasteiger partial charge in [-0.25, -0.2) is 63.6 Å². The van der Waals surface area contributed by atoms with Crippen molar-refractivity contribution in [1.82, 2.24) is 14.2 Å². The Morgan fingerprint density at radius 1 is 0.368 bits per heavy atom. The minimum Gasteiger partial charge on any atom is -0.370 e. The van der Waals surface area contributed by atoms with Gasteiger partial charge < -0.3 is 10.6 Å². The molecular weight excluding hydrogens is 1380 g/mol. The number of nitrogens with one attached hydrogen (secondary N) is 5. The highest BCUT2D eigenvalue weighted by Gasteiger charge is 2.26. The molecule has 5 N–H and O–H groups in total. The Balaban J connectivity index is 0.000000128. The molecule has 16 rings (SSSR count). The van der Waals surface area contributed by atoms with Crippen molar-refractivity contribution in [2.75, 3.05) is 28.8 Å². The van der Waals surface area contributed by atoms with E-state index >= 15 is 0 Å². The monoisotopic (exact) mass is 1440 g/mol. The number of allylic oxidation sites excluding steroid dienone is 1. The summed E-state index contributed by atoms with van der Waals surface area (Å²) in [6.07, 6.45) is 15.5. The van der Waals surface area contributed by atoms with Crippen molar-refractivity contribution >= 4 is 128 Å². The summed E-state index contributed by atoms with van der Waals surface area (Å²) >= 11 is 0. The first-order chi connectivity index (χ1) is 45.1. The van der Waals surface area contributed by atoms with Crippen LogP contribution in [0.4, 0.5) is 11.4 Å². The van der Waals surface area contributed by atoms with Gasteiger partial charge in [-0.05, 0) is 118 Å². The van der Waals surface area contributed by atoms with Crippen LogP contribution >= 0.6 is 0 Å². The predicted molar refractivity (Wildman–Crippen MR) is 368 cm³/mol. The van der Waals surface area contributed by atoms with E-state index in [0.29, 0.717) is 53.7 Å². The fourth-order valence-electron chi connectivity index (χ4n) is 9.61. The topological polar surface area (TPSA) is 346 Å². The normalized spacial score (nSPS) is 18.7. The summed E-state index contributed by atoms with van der Waals surface area (Å²) in [6, 6.07) is 55.9. The van der Waals surface area contributed by atoms with Gasteiger partial charge in [-0.15, -0.1) is 4.40 Å². The van der Waals surface area contributed by atoms with Gasteiger partial charge in [-0.3, -0.25) is 4.72 Å². The van der Waals surface area contributed by atoms with Crippen LogP contribution in [-0.4, -0.2) is 91.9 Å². The maximum Gasteiger partial charge on any atom is 0.285 e. The third-order valence-electron chi connectivity index (χ3n) is 14.2. The fraction of sp³-hybridized carbons (Fsp3) is 0.0923. The van der Waals surface area contributed by atoms with Crippen LogP contribution in [0.3, 0.4) is 0 Å². The van der Waals surface area contributed by atoms with Gasteiger partial charge in [0.15, 0.2) is 39.3 Å². The maximum absolute atomic E-state index is 11.7. The summed E-state index contributed by atoms with van der Waals surface area (Å²) in [5.41, 5.74) is 7.11. The van der Waals surface area contributed by atoms with Crippen molar-refractivity contribution in [3.05, 3.63) is 262 Å². The molecule has 0 fully saturated rings. The highest BCUT2D eigenvalue weighted by molar-refractivity contribution is 7.95. The number of fused-ring (bicyclic) bond motifs is 8. The van der Waals surface area contributed by atoms with Gasteiger partial charge in [-0.1, -0.05) is 164 Å². The van der Waals surface area contributed by atoms with Crippen LogP contribution < -0.4 is 24.8 Å². The molecule has 0 aliphatic carbocycles. The number of nitrogens with zero attached hydrogens (tertiary/aromatic N) is 1. The van der Waals surface area contributed by atoms with Gasteiger partial charge in [0.1, 0.15) is 16.1 Å². The zero-order chi connectivity index (χ0) is 68.1. The summed E-state index contributed by atoms with van der Waals surface area (Å²) in [6.45, 7) is 0.692. The Bertz CT molecular complexity index is 5300. The minimum absolute atomic E-state index is 0.129. The molecule has 8 aliphatic rings. The lowest BCUT2D eigenvalue weighted by molar-refractivity contribution is 0.580. The van der Waals surface area contributed by atoms with Gasteiger partial charge in [0.2, 0.25) is 20.0 Å². The lowest BCUT2D eigenvalue weighted by Gasteiger charge is -2.18. The third kappa shape index (κ3) is 18.1. The van der Waals surface area contributed by atoms with Gasteiger partial charge in [-0.2, -0.15) is 13.1 Å².